The summed E-state index contributed by atoms with van der Waals surface area (Å²) in [6.45, 7) is 0. The minimum atomic E-state index is -0.462. The summed E-state index contributed by atoms with van der Waals surface area (Å²) in [5.74, 6) is 0.129. The highest BCUT2D eigenvalue weighted by Crippen LogP contribution is 2.33. The Bertz CT molecular complexity index is 647. The predicted octanol–water partition coefficient (Wildman–Crippen LogP) is 5.13. The van der Waals surface area contributed by atoms with Crippen molar-refractivity contribution in [3.05, 3.63) is 74.2 Å². The average molecular weight is 394 g/mol. The average Bonchev–Trinajstić information content (AvgIpc) is 2.47. The van der Waals surface area contributed by atoms with Crippen LogP contribution in [0.1, 0.15) is 22.8 Å². The molecule has 3 heteroatoms. The van der Waals surface area contributed by atoms with Gasteiger partial charge in [0.2, 0.25) is 0 Å². The molecular formula is C17H14Br2O. The van der Waals surface area contributed by atoms with Crippen LogP contribution in [0.15, 0.2) is 57.5 Å². The van der Waals surface area contributed by atoms with Gasteiger partial charge in [0, 0.05) is 14.9 Å². The molecule has 0 heterocycles. The Hall–Kier alpha value is -0.900. The highest BCUT2D eigenvalue weighted by Gasteiger charge is 2.22. The van der Waals surface area contributed by atoms with Gasteiger partial charge in [-0.15, -0.1) is 0 Å². The van der Waals surface area contributed by atoms with Crippen LogP contribution in [0.5, 0.6) is 0 Å². The van der Waals surface area contributed by atoms with Crippen LogP contribution < -0.4 is 0 Å². The minimum Gasteiger partial charge on any atom is -0.388 e. The van der Waals surface area contributed by atoms with Crippen molar-refractivity contribution in [1.82, 2.24) is 0 Å². The Kier molecular flexibility index (Phi) is 4.11. The van der Waals surface area contributed by atoms with Gasteiger partial charge in [0.05, 0.1) is 6.10 Å². The van der Waals surface area contributed by atoms with Gasteiger partial charge in [-0.25, -0.2) is 0 Å². The minimum absolute atomic E-state index is 0.129. The van der Waals surface area contributed by atoms with E-state index in [-0.39, 0.29) is 5.92 Å². The molecule has 0 saturated heterocycles. The summed E-state index contributed by atoms with van der Waals surface area (Å²) in [6, 6.07) is 14.2. The molecule has 102 valence electrons. The summed E-state index contributed by atoms with van der Waals surface area (Å²) in [6.07, 6.45) is 4.63. The van der Waals surface area contributed by atoms with Crippen LogP contribution in [-0.2, 0) is 6.42 Å². The number of halogens is 2. The first-order valence-corrected chi connectivity index (χ1v) is 8.12. The van der Waals surface area contributed by atoms with E-state index in [1.165, 1.54) is 11.1 Å². The maximum atomic E-state index is 10.5. The second kappa shape index (κ2) is 5.84. The van der Waals surface area contributed by atoms with Crippen LogP contribution in [0.4, 0.5) is 0 Å². The lowest BCUT2D eigenvalue weighted by molar-refractivity contribution is 0.131. The second-order valence-corrected chi connectivity index (χ2v) is 6.90. The molecule has 0 fully saturated rings. The highest BCUT2D eigenvalue weighted by atomic mass is 79.9. The van der Waals surface area contributed by atoms with Crippen molar-refractivity contribution in [1.29, 1.82) is 0 Å². The third kappa shape index (κ3) is 2.90. The SMILES string of the molecule is OC(c1ccc(Br)cc1)C1C=Cc2cc(Br)ccc2C1. The van der Waals surface area contributed by atoms with Gasteiger partial charge in [0.25, 0.3) is 0 Å². The van der Waals surface area contributed by atoms with Gasteiger partial charge in [-0.05, 0) is 47.4 Å². The summed E-state index contributed by atoms with van der Waals surface area (Å²) in [4.78, 5) is 0. The van der Waals surface area contributed by atoms with E-state index in [9.17, 15) is 5.11 Å². The Labute approximate surface area is 135 Å². The first-order chi connectivity index (χ1) is 9.63. The first kappa shape index (κ1) is 14.1. The monoisotopic (exact) mass is 392 g/mol. The van der Waals surface area contributed by atoms with Crippen molar-refractivity contribution >= 4 is 37.9 Å². The number of hydrogen-bond donors (Lipinski definition) is 1. The molecule has 2 unspecified atom stereocenters. The Morgan fingerprint density at radius 2 is 1.70 bits per heavy atom. The molecule has 2 aromatic rings. The molecule has 20 heavy (non-hydrogen) atoms. The Balaban J connectivity index is 1.83. The fourth-order valence-electron chi connectivity index (χ4n) is 2.58. The summed E-state index contributed by atoms with van der Waals surface area (Å²) < 4.78 is 2.12. The van der Waals surface area contributed by atoms with Gasteiger partial charge < -0.3 is 5.11 Å². The van der Waals surface area contributed by atoms with Crippen LogP contribution in [-0.4, -0.2) is 5.11 Å². The molecule has 0 spiro atoms. The van der Waals surface area contributed by atoms with Crippen molar-refractivity contribution in [3.8, 4) is 0 Å². The van der Waals surface area contributed by atoms with Crippen molar-refractivity contribution in [3.63, 3.8) is 0 Å². The number of hydrogen-bond acceptors (Lipinski definition) is 1. The van der Waals surface area contributed by atoms with E-state index in [0.29, 0.717) is 0 Å². The lowest BCUT2D eigenvalue weighted by atomic mass is 9.84. The molecule has 0 saturated carbocycles. The molecule has 2 aromatic carbocycles. The van der Waals surface area contributed by atoms with Gasteiger partial charge in [0.1, 0.15) is 0 Å². The third-order valence-corrected chi connectivity index (χ3v) is 4.73. The third-order valence-electron chi connectivity index (χ3n) is 3.70. The molecule has 1 aliphatic rings. The predicted molar refractivity (Wildman–Crippen MR) is 89.5 cm³/mol. The molecule has 3 rings (SSSR count). The molecule has 0 aliphatic heterocycles. The number of rotatable bonds is 2. The smallest absolute Gasteiger partial charge is 0.0855 e. The molecule has 0 amide bonds. The normalized spacial score (nSPS) is 18.6. The van der Waals surface area contributed by atoms with E-state index in [4.69, 9.17) is 0 Å². The molecule has 2 atom stereocenters. The van der Waals surface area contributed by atoms with Crippen LogP contribution >= 0.6 is 31.9 Å². The zero-order chi connectivity index (χ0) is 14.1. The lowest BCUT2D eigenvalue weighted by Crippen LogP contribution is -2.16. The van der Waals surface area contributed by atoms with Crippen LogP contribution in [0.3, 0.4) is 0 Å². The lowest BCUT2D eigenvalue weighted by Gasteiger charge is -2.24. The van der Waals surface area contributed by atoms with Crippen molar-refractivity contribution < 1.29 is 5.11 Å². The molecular weight excluding hydrogens is 380 g/mol. The Morgan fingerprint density at radius 3 is 2.45 bits per heavy atom. The fourth-order valence-corrected chi connectivity index (χ4v) is 3.22. The molecule has 0 aromatic heterocycles. The van der Waals surface area contributed by atoms with Crippen LogP contribution in [0, 0.1) is 5.92 Å². The van der Waals surface area contributed by atoms with Crippen LogP contribution in [0.2, 0.25) is 0 Å². The topological polar surface area (TPSA) is 20.2 Å². The molecule has 1 aliphatic carbocycles. The molecule has 0 radical (unpaired) electrons. The largest absolute Gasteiger partial charge is 0.388 e. The van der Waals surface area contributed by atoms with Crippen molar-refractivity contribution in [2.24, 2.45) is 5.92 Å². The van der Waals surface area contributed by atoms with E-state index in [1.807, 2.05) is 24.3 Å². The number of aliphatic hydroxyl groups excluding tert-OH is 1. The number of benzene rings is 2. The molecule has 1 N–H and O–H groups in total. The Morgan fingerprint density at radius 1 is 1.00 bits per heavy atom. The maximum absolute atomic E-state index is 10.5. The summed E-state index contributed by atoms with van der Waals surface area (Å²) in [7, 11) is 0. The molecule has 1 nitrogen and oxygen atoms in total. The standard InChI is InChI=1S/C17H14Br2O/c18-15-6-3-11(4-7-15)17(20)14-2-1-13-10-16(19)8-5-12(13)9-14/h1-8,10,14,17,20H,9H2. The quantitative estimate of drug-likeness (QED) is 0.749. The van der Waals surface area contributed by atoms with Crippen molar-refractivity contribution in [2.45, 2.75) is 12.5 Å². The van der Waals surface area contributed by atoms with Gasteiger partial charge >= 0.3 is 0 Å². The zero-order valence-electron chi connectivity index (χ0n) is 10.8. The van der Waals surface area contributed by atoms with Crippen molar-refractivity contribution in [2.75, 3.05) is 0 Å². The summed E-state index contributed by atoms with van der Waals surface area (Å²) >= 11 is 6.91. The van der Waals surface area contributed by atoms with E-state index in [0.717, 1.165) is 20.9 Å². The maximum Gasteiger partial charge on any atom is 0.0855 e. The summed E-state index contributed by atoms with van der Waals surface area (Å²) in [5.41, 5.74) is 3.49. The van der Waals surface area contributed by atoms with E-state index in [2.05, 4.69) is 62.2 Å². The van der Waals surface area contributed by atoms with E-state index >= 15 is 0 Å². The fraction of sp³-hybridized carbons (Fsp3) is 0.176. The highest BCUT2D eigenvalue weighted by molar-refractivity contribution is 9.10. The number of fused-ring (bicyclic) bond motifs is 1. The van der Waals surface area contributed by atoms with Crippen LogP contribution in [0.25, 0.3) is 6.08 Å². The number of aliphatic hydroxyl groups is 1. The summed E-state index contributed by atoms with van der Waals surface area (Å²) in [5, 5.41) is 10.5. The zero-order valence-corrected chi connectivity index (χ0v) is 13.9. The van der Waals surface area contributed by atoms with Gasteiger partial charge in [-0.3, -0.25) is 0 Å². The second-order valence-electron chi connectivity index (χ2n) is 5.07. The van der Waals surface area contributed by atoms with Gasteiger partial charge in [-0.2, -0.15) is 0 Å². The van der Waals surface area contributed by atoms with E-state index < -0.39 is 6.10 Å². The van der Waals surface area contributed by atoms with Gasteiger partial charge in [-0.1, -0.05) is 62.2 Å². The first-order valence-electron chi connectivity index (χ1n) is 6.53. The molecule has 0 bridgehead atoms. The van der Waals surface area contributed by atoms with Gasteiger partial charge in [0.15, 0.2) is 0 Å². The van der Waals surface area contributed by atoms with E-state index in [1.54, 1.807) is 0 Å².